The maximum Gasteiger partial charge on any atom is 0.241 e. The SMILES string of the molecule is CNCCNS(=O)(=O)c1cc(OC)c(OC)cc1C. The number of ether oxygens (including phenoxy) is 2. The predicted molar refractivity (Wildman–Crippen MR) is 73.4 cm³/mol. The average Bonchev–Trinajstić information content (AvgIpc) is 2.38. The summed E-state index contributed by atoms with van der Waals surface area (Å²) in [5.41, 5.74) is 0.606. The summed E-state index contributed by atoms with van der Waals surface area (Å²) >= 11 is 0. The fourth-order valence-corrected chi connectivity index (χ4v) is 2.91. The first-order chi connectivity index (χ1) is 8.96. The fourth-order valence-electron chi connectivity index (χ4n) is 1.64. The summed E-state index contributed by atoms with van der Waals surface area (Å²) in [6.07, 6.45) is 0. The summed E-state index contributed by atoms with van der Waals surface area (Å²) in [6.45, 7) is 2.60. The van der Waals surface area contributed by atoms with E-state index in [1.165, 1.54) is 20.3 Å². The van der Waals surface area contributed by atoms with Gasteiger partial charge in [-0.15, -0.1) is 0 Å². The molecule has 0 aromatic heterocycles. The smallest absolute Gasteiger partial charge is 0.241 e. The number of likely N-dealkylation sites (N-methyl/N-ethyl adjacent to an activating group) is 1. The van der Waals surface area contributed by atoms with E-state index in [-0.39, 0.29) is 4.90 Å². The minimum atomic E-state index is -3.55. The van der Waals surface area contributed by atoms with Gasteiger partial charge in [0.1, 0.15) is 0 Å². The first-order valence-corrected chi connectivity index (χ1v) is 7.31. The fraction of sp³-hybridized carbons (Fsp3) is 0.500. The van der Waals surface area contributed by atoms with E-state index in [2.05, 4.69) is 10.0 Å². The second-order valence-electron chi connectivity index (χ2n) is 3.97. The van der Waals surface area contributed by atoms with Crippen LogP contribution in [0.2, 0.25) is 0 Å². The molecule has 1 rings (SSSR count). The van der Waals surface area contributed by atoms with Crippen LogP contribution in [-0.2, 0) is 10.0 Å². The molecule has 108 valence electrons. The Kier molecular flexibility index (Phi) is 5.59. The second-order valence-corrected chi connectivity index (χ2v) is 5.71. The van der Waals surface area contributed by atoms with Gasteiger partial charge in [-0.3, -0.25) is 0 Å². The number of hydrogen-bond donors (Lipinski definition) is 2. The number of nitrogens with one attached hydrogen (secondary N) is 2. The Bertz CT molecular complexity index is 529. The lowest BCUT2D eigenvalue weighted by molar-refractivity contribution is 0.353. The van der Waals surface area contributed by atoms with Crippen molar-refractivity contribution in [1.29, 1.82) is 0 Å². The van der Waals surface area contributed by atoms with Gasteiger partial charge in [0.15, 0.2) is 11.5 Å². The Hall–Kier alpha value is -1.31. The molecule has 0 saturated heterocycles. The minimum Gasteiger partial charge on any atom is -0.493 e. The minimum absolute atomic E-state index is 0.196. The molecular formula is C12H20N2O4S. The largest absolute Gasteiger partial charge is 0.493 e. The first kappa shape index (κ1) is 15.7. The lowest BCUT2D eigenvalue weighted by Crippen LogP contribution is -2.30. The molecule has 0 aliphatic heterocycles. The number of methoxy groups -OCH3 is 2. The van der Waals surface area contributed by atoms with Crippen LogP contribution >= 0.6 is 0 Å². The van der Waals surface area contributed by atoms with Gasteiger partial charge in [0.2, 0.25) is 10.0 Å². The van der Waals surface area contributed by atoms with Gasteiger partial charge in [0, 0.05) is 19.2 Å². The van der Waals surface area contributed by atoms with E-state index in [0.29, 0.717) is 30.2 Å². The van der Waals surface area contributed by atoms with E-state index in [9.17, 15) is 8.42 Å². The first-order valence-electron chi connectivity index (χ1n) is 5.83. The molecule has 0 atom stereocenters. The van der Waals surface area contributed by atoms with Crippen molar-refractivity contribution in [2.75, 3.05) is 34.4 Å². The molecule has 0 saturated carbocycles. The van der Waals surface area contributed by atoms with Crippen molar-refractivity contribution in [2.24, 2.45) is 0 Å². The highest BCUT2D eigenvalue weighted by atomic mass is 32.2. The molecule has 1 aromatic rings. The number of rotatable bonds is 7. The van der Waals surface area contributed by atoms with Crippen molar-refractivity contribution in [1.82, 2.24) is 10.0 Å². The third-order valence-corrected chi connectivity index (χ3v) is 4.24. The maximum atomic E-state index is 12.2. The highest BCUT2D eigenvalue weighted by molar-refractivity contribution is 7.89. The molecule has 1 aromatic carbocycles. The molecule has 0 aliphatic rings. The summed E-state index contributed by atoms with van der Waals surface area (Å²) in [5.74, 6) is 0.899. The zero-order valence-corrected chi connectivity index (χ0v) is 12.4. The van der Waals surface area contributed by atoms with Gasteiger partial charge in [-0.25, -0.2) is 13.1 Å². The summed E-state index contributed by atoms with van der Waals surface area (Å²) < 4.78 is 37.1. The molecule has 0 bridgehead atoms. The van der Waals surface area contributed by atoms with Crippen molar-refractivity contribution in [3.63, 3.8) is 0 Å². The molecule has 2 N–H and O–H groups in total. The molecule has 0 amide bonds. The van der Waals surface area contributed by atoms with E-state index in [4.69, 9.17) is 9.47 Å². The average molecular weight is 288 g/mol. The van der Waals surface area contributed by atoms with Crippen LogP contribution in [0.5, 0.6) is 11.5 Å². The van der Waals surface area contributed by atoms with Gasteiger partial charge >= 0.3 is 0 Å². The maximum absolute atomic E-state index is 12.2. The van der Waals surface area contributed by atoms with E-state index >= 15 is 0 Å². The highest BCUT2D eigenvalue weighted by Crippen LogP contribution is 2.32. The summed E-state index contributed by atoms with van der Waals surface area (Å²) in [4.78, 5) is 0.196. The van der Waals surface area contributed by atoms with Crippen LogP contribution in [0.25, 0.3) is 0 Å². The molecule has 0 aliphatic carbocycles. The quantitative estimate of drug-likeness (QED) is 0.715. The number of hydrogen-bond acceptors (Lipinski definition) is 5. The molecule has 0 fully saturated rings. The topological polar surface area (TPSA) is 76.7 Å². The Morgan fingerprint density at radius 1 is 1.11 bits per heavy atom. The number of sulfonamides is 1. The molecule has 0 radical (unpaired) electrons. The molecule has 0 unspecified atom stereocenters. The summed E-state index contributed by atoms with van der Waals surface area (Å²) in [7, 11) is 1.19. The molecule has 19 heavy (non-hydrogen) atoms. The third kappa shape index (κ3) is 3.82. The van der Waals surface area contributed by atoms with E-state index in [1.54, 1.807) is 20.0 Å². The highest BCUT2D eigenvalue weighted by Gasteiger charge is 2.19. The van der Waals surface area contributed by atoms with Crippen molar-refractivity contribution in [3.05, 3.63) is 17.7 Å². The van der Waals surface area contributed by atoms with Crippen LogP contribution in [0, 0.1) is 6.92 Å². The Morgan fingerprint density at radius 3 is 2.21 bits per heavy atom. The lowest BCUT2D eigenvalue weighted by Gasteiger charge is -2.13. The van der Waals surface area contributed by atoms with Crippen molar-refractivity contribution in [3.8, 4) is 11.5 Å². The van der Waals surface area contributed by atoms with Crippen LogP contribution in [-0.4, -0.2) is 42.8 Å². The Morgan fingerprint density at radius 2 is 1.68 bits per heavy atom. The zero-order valence-electron chi connectivity index (χ0n) is 11.6. The molecular weight excluding hydrogens is 268 g/mol. The number of benzene rings is 1. The second kappa shape index (κ2) is 6.74. The number of aryl methyl sites for hydroxylation is 1. The van der Waals surface area contributed by atoms with Crippen LogP contribution in [0.4, 0.5) is 0 Å². The van der Waals surface area contributed by atoms with Gasteiger partial charge in [-0.1, -0.05) is 0 Å². The molecule has 7 heteroatoms. The Balaban J connectivity index is 3.12. The van der Waals surface area contributed by atoms with Gasteiger partial charge in [0.05, 0.1) is 19.1 Å². The van der Waals surface area contributed by atoms with Crippen molar-refractivity contribution < 1.29 is 17.9 Å². The standard InChI is InChI=1S/C12H20N2O4S/c1-9-7-10(17-3)11(18-4)8-12(9)19(15,16)14-6-5-13-2/h7-8,13-14H,5-6H2,1-4H3. The zero-order chi connectivity index (χ0) is 14.5. The summed E-state index contributed by atoms with van der Waals surface area (Å²) in [5, 5.41) is 2.88. The van der Waals surface area contributed by atoms with Crippen LogP contribution in [0.3, 0.4) is 0 Å². The van der Waals surface area contributed by atoms with E-state index in [1.807, 2.05) is 0 Å². The molecule has 0 heterocycles. The summed E-state index contributed by atoms with van der Waals surface area (Å²) in [6, 6.07) is 3.11. The van der Waals surface area contributed by atoms with Crippen LogP contribution in [0.1, 0.15) is 5.56 Å². The molecule has 0 spiro atoms. The van der Waals surface area contributed by atoms with Gasteiger partial charge in [-0.2, -0.15) is 0 Å². The van der Waals surface area contributed by atoms with Gasteiger partial charge in [0.25, 0.3) is 0 Å². The molecule has 6 nitrogen and oxygen atoms in total. The van der Waals surface area contributed by atoms with Gasteiger partial charge < -0.3 is 14.8 Å². The van der Waals surface area contributed by atoms with Crippen LogP contribution < -0.4 is 19.5 Å². The van der Waals surface area contributed by atoms with Crippen LogP contribution in [0.15, 0.2) is 17.0 Å². The Labute approximate surface area is 114 Å². The third-order valence-electron chi connectivity index (χ3n) is 2.64. The van der Waals surface area contributed by atoms with Gasteiger partial charge in [-0.05, 0) is 25.6 Å². The van der Waals surface area contributed by atoms with Crippen molar-refractivity contribution in [2.45, 2.75) is 11.8 Å². The van der Waals surface area contributed by atoms with E-state index in [0.717, 1.165) is 0 Å². The lowest BCUT2D eigenvalue weighted by atomic mass is 10.2. The predicted octanol–water partition coefficient (Wildman–Crippen LogP) is 0.510. The normalized spacial score (nSPS) is 11.4. The van der Waals surface area contributed by atoms with Crippen molar-refractivity contribution >= 4 is 10.0 Å². The van der Waals surface area contributed by atoms with E-state index < -0.39 is 10.0 Å². The monoisotopic (exact) mass is 288 g/mol.